The molecule has 3 rings (SSSR count). The molecule has 20 heavy (non-hydrogen) atoms. The Morgan fingerprint density at radius 2 is 2.05 bits per heavy atom. The summed E-state index contributed by atoms with van der Waals surface area (Å²) >= 11 is 6.06. The first kappa shape index (κ1) is 13.5. The first-order valence-corrected chi connectivity index (χ1v) is 7.34. The zero-order valence-corrected chi connectivity index (χ0v) is 12.0. The average molecular weight is 288 g/mol. The monoisotopic (exact) mass is 287 g/mol. The van der Waals surface area contributed by atoms with Gasteiger partial charge in [0.15, 0.2) is 0 Å². The second-order valence-corrected chi connectivity index (χ2v) is 5.71. The van der Waals surface area contributed by atoms with E-state index < -0.39 is 0 Å². The van der Waals surface area contributed by atoms with Gasteiger partial charge in [-0.15, -0.1) is 0 Å². The number of hydrogen-bond donors (Lipinski definition) is 1. The smallest absolute Gasteiger partial charge is 0.123 e. The molecule has 1 heterocycles. The van der Waals surface area contributed by atoms with Crippen LogP contribution in [0.15, 0.2) is 48.5 Å². The SMILES string of the molecule is NCC(CC1Cc2ccccc2O1)c1cccc(Cl)c1. The van der Waals surface area contributed by atoms with Crippen molar-refractivity contribution in [2.45, 2.75) is 24.9 Å². The van der Waals surface area contributed by atoms with E-state index in [0.29, 0.717) is 6.54 Å². The first-order chi connectivity index (χ1) is 9.76. The van der Waals surface area contributed by atoms with Gasteiger partial charge < -0.3 is 10.5 Å². The van der Waals surface area contributed by atoms with Crippen molar-refractivity contribution in [2.24, 2.45) is 5.73 Å². The van der Waals surface area contributed by atoms with E-state index in [1.807, 2.05) is 30.3 Å². The maximum absolute atomic E-state index is 6.06. The minimum atomic E-state index is 0.208. The van der Waals surface area contributed by atoms with Gasteiger partial charge in [-0.25, -0.2) is 0 Å². The molecule has 2 unspecified atom stereocenters. The van der Waals surface area contributed by atoms with E-state index in [1.165, 1.54) is 11.1 Å². The fraction of sp³-hybridized carbons (Fsp3) is 0.294. The number of rotatable bonds is 4. The molecular formula is C17H18ClNO. The second kappa shape index (κ2) is 5.86. The van der Waals surface area contributed by atoms with Crippen molar-refractivity contribution >= 4 is 11.6 Å². The molecule has 2 nitrogen and oxygen atoms in total. The van der Waals surface area contributed by atoms with Crippen LogP contribution < -0.4 is 10.5 Å². The molecule has 1 aliphatic heterocycles. The predicted molar refractivity (Wildman–Crippen MR) is 82.4 cm³/mol. The third kappa shape index (κ3) is 2.82. The minimum absolute atomic E-state index is 0.208. The summed E-state index contributed by atoms with van der Waals surface area (Å²) in [7, 11) is 0. The summed E-state index contributed by atoms with van der Waals surface area (Å²) in [5.74, 6) is 1.30. The lowest BCUT2D eigenvalue weighted by Gasteiger charge is -2.19. The van der Waals surface area contributed by atoms with E-state index in [9.17, 15) is 0 Å². The highest BCUT2D eigenvalue weighted by atomic mass is 35.5. The largest absolute Gasteiger partial charge is 0.490 e. The molecule has 0 radical (unpaired) electrons. The normalized spacial score (nSPS) is 18.4. The van der Waals surface area contributed by atoms with Crippen LogP contribution in [0.1, 0.15) is 23.5 Å². The van der Waals surface area contributed by atoms with Gasteiger partial charge in [0, 0.05) is 11.4 Å². The van der Waals surface area contributed by atoms with Crippen molar-refractivity contribution in [3.8, 4) is 5.75 Å². The molecule has 0 fully saturated rings. The third-order valence-corrected chi connectivity index (χ3v) is 4.10. The number of fused-ring (bicyclic) bond motifs is 1. The Hall–Kier alpha value is -1.51. The molecular weight excluding hydrogens is 270 g/mol. The van der Waals surface area contributed by atoms with E-state index in [0.717, 1.165) is 23.6 Å². The van der Waals surface area contributed by atoms with Crippen LogP contribution in [0.2, 0.25) is 5.02 Å². The molecule has 0 bridgehead atoms. The van der Waals surface area contributed by atoms with E-state index in [-0.39, 0.29) is 12.0 Å². The topological polar surface area (TPSA) is 35.2 Å². The van der Waals surface area contributed by atoms with Crippen LogP contribution in [0.3, 0.4) is 0 Å². The van der Waals surface area contributed by atoms with Crippen molar-refractivity contribution in [3.63, 3.8) is 0 Å². The summed E-state index contributed by atoms with van der Waals surface area (Å²) < 4.78 is 6.00. The Kier molecular flexibility index (Phi) is 3.95. The van der Waals surface area contributed by atoms with Gasteiger partial charge in [0.05, 0.1) is 0 Å². The molecule has 2 N–H and O–H groups in total. The molecule has 2 atom stereocenters. The maximum atomic E-state index is 6.06. The Morgan fingerprint density at radius 3 is 2.80 bits per heavy atom. The van der Waals surface area contributed by atoms with Crippen molar-refractivity contribution in [1.82, 2.24) is 0 Å². The van der Waals surface area contributed by atoms with Gasteiger partial charge in [0.2, 0.25) is 0 Å². The highest BCUT2D eigenvalue weighted by molar-refractivity contribution is 6.30. The summed E-state index contributed by atoms with van der Waals surface area (Å²) in [5.41, 5.74) is 8.42. The van der Waals surface area contributed by atoms with Gasteiger partial charge in [-0.05, 0) is 48.2 Å². The van der Waals surface area contributed by atoms with Gasteiger partial charge in [-0.3, -0.25) is 0 Å². The molecule has 2 aromatic rings. The molecule has 0 saturated carbocycles. The molecule has 3 heteroatoms. The van der Waals surface area contributed by atoms with Gasteiger partial charge in [0.25, 0.3) is 0 Å². The summed E-state index contributed by atoms with van der Waals surface area (Å²) in [6.07, 6.45) is 2.10. The Labute approximate surface area is 124 Å². The average Bonchev–Trinajstić information content (AvgIpc) is 2.87. The summed E-state index contributed by atoms with van der Waals surface area (Å²) in [6, 6.07) is 16.2. The van der Waals surface area contributed by atoms with Gasteiger partial charge in [-0.1, -0.05) is 41.9 Å². The molecule has 104 valence electrons. The molecule has 1 aliphatic rings. The summed E-state index contributed by atoms with van der Waals surface area (Å²) in [4.78, 5) is 0. The van der Waals surface area contributed by atoms with Crippen molar-refractivity contribution in [2.75, 3.05) is 6.54 Å². The van der Waals surface area contributed by atoms with Gasteiger partial charge in [-0.2, -0.15) is 0 Å². The number of halogens is 1. The van der Waals surface area contributed by atoms with E-state index in [2.05, 4.69) is 18.2 Å². The van der Waals surface area contributed by atoms with E-state index in [4.69, 9.17) is 22.1 Å². The summed E-state index contributed by atoms with van der Waals surface area (Å²) in [6.45, 7) is 0.608. The maximum Gasteiger partial charge on any atom is 0.123 e. The van der Waals surface area contributed by atoms with Crippen molar-refractivity contribution < 1.29 is 4.74 Å². The molecule has 0 saturated heterocycles. The minimum Gasteiger partial charge on any atom is -0.490 e. The lowest BCUT2D eigenvalue weighted by Crippen LogP contribution is -2.22. The Balaban J connectivity index is 1.71. The standard InChI is InChI=1S/C17H18ClNO/c18-15-6-3-5-12(8-15)14(11-19)10-16-9-13-4-1-2-7-17(13)20-16/h1-8,14,16H,9-11,19H2. The number of benzene rings is 2. The highest BCUT2D eigenvalue weighted by Gasteiger charge is 2.25. The third-order valence-electron chi connectivity index (χ3n) is 3.87. The van der Waals surface area contributed by atoms with E-state index in [1.54, 1.807) is 0 Å². The predicted octanol–water partition coefficient (Wildman–Crippen LogP) is 3.78. The van der Waals surface area contributed by atoms with Crippen LogP contribution in [-0.2, 0) is 6.42 Å². The van der Waals surface area contributed by atoms with Crippen LogP contribution in [0.25, 0.3) is 0 Å². The van der Waals surface area contributed by atoms with Crippen LogP contribution in [0, 0.1) is 0 Å². The van der Waals surface area contributed by atoms with E-state index >= 15 is 0 Å². The number of hydrogen-bond acceptors (Lipinski definition) is 2. The van der Waals surface area contributed by atoms with Crippen LogP contribution in [0.4, 0.5) is 0 Å². The fourth-order valence-corrected chi connectivity index (χ4v) is 3.03. The van der Waals surface area contributed by atoms with Gasteiger partial charge >= 0.3 is 0 Å². The molecule has 0 amide bonds. The quantitative estimate of drug-likeness (QED) is 0.929. The highest BCUT2D eigenvalue weighted by Crippen LogP contribution is 2.33. The number of ether oxygens (including phenoxy) is 1. The van der Waals surface area contributed by atoms with Crippen LogP contribution >= 0.6 is 11.6 Å². The zero-order valence-electron chi connectivity index (χ0n) is 11.3. The number of nitrogens with two attached hydrogens (primary N) is 1. The van der Waals surface area contributed by atoms with Gasteiger partial charge in [0.1, 0.15) is 11.9 Å². The van der Waals surface area contributed by atoms with Crippen molar-refractivity contribution in [1.29, 1.82) is 0 Å². The first-order valence-electron chi connectivity index (χ1n) is 6.96. The Bertz CT molecular complexity index is 574. The number of para-hydroxylation sites is 1. The molecule has 0 aromatic heterocycles. The van der Waals surface area contributed by atoms with Crippen molar-refractivity contribution in [3.05, 3.63) is 64.7 Å². The Morgan fingerprint density at radius 1 is 1.20 bits per heavy atom. The van der Waals surface area contributed by atoms with Crippen LogP contribution in [0.5, 0.6) is 5.75 Å². The lowest BCUT2D eigenvalue weighted by atomic mass is 9.92. The fourth-order valence-electron chi connectivity index (χ4n) is 2.83. The second-order valence-electron chi connectivity index (χ2n) is 5.28. The molecule has 0 aliphatic carbocycles. The lowest BCUT2D eigenvalue weighted by molar-refractivity contribution is 0.210. The molecule has 2 aromatic carbocycles. The molecule has 0 spiro atoms. The zero-order chi connectivity index (χ0) is 13.9. The van der Waals surface area contributed by atoms with Crippen LogP contribution in [-0.4, -0.2) is 12.6 Å². The summed E-state index contributed by atoms with van der Waals surface area (Å²) in [5, 5.41) is 0.761.